The first kappa shape index (κ1) is 32.9. The molecule has 1 aromatic heterocycles. The Morgan fingerprint density at radius 1 is 1.09 bits per heavy atom. The SMILES string of the molecule is COc1ccc(SC(F)(F)F)cc1CN[C@H]1[C@H](C(C)(C)C)[C@@H](C(=O)O)N(C(=O)C2CCCCC2)[C@H]1c1cccnc1OC. The number of carbonyl (C=O) groups is 2. The minimum absolute atomic E-state index is 0.00638. The number of carboxylic acid groups (broad SMARTS) is 1. The van der Waals surface area contributed by atoms with Crippen molar-refractivity contribution in [3.63, 3.8) is 0 Å². The summed E-state index contributed by atoms with van der Waals surface area (Å²) in [5.41, 5.74) is -4.00. The lowest BCUT2D eigenvalue weighted by atomic mass is 9.72. The van der Waals surface area contributed by atoms with Crippen LogP contribution in [0.25, 0.3) is 0 Å². The van der Waals surface area contributed by atoms with Gasteiger partial charge in [0.15, 0.2) is 0 Å². The number of methoxy groups -OCH3 is 2. The Hall–Kier alpha value is -2.99. The Kier molecular flexibility index (Phi) is 10.2. The smallest absolute Gasteiger partial charge is 0.446 e. The maximum Gasteiger partial charge on any atom is 0.446 e. The molecule has 2 aliphatic rings. The lowest BCUT2D eigenvalue weighted by Gasteiger charge is -2.36. The summed E-state index contributed by atoms with van der Waals surface area (Å²) in [5.74, 6) is -1.52. The standard InChI is InChI=1S/C31H40F3N3O5S/c1-30(2,3)23-24(36-17-19-16-20(43-31(32,33)34)13-14-22(19)41-4)25(21-12-9-15-35-27(21)42-5)37(26(23)29(39)40)28(38)18-10-7-6-8-11-18/h9,12-16,18,23-26,36H,6-8,10-11,17H2,1-5H3,(H,39,40)/t23-,24-,25-,26-/m0/s1. The van der Waals surface area contributed by atoms with Gasteiger partial charge in [-0.15, -0.1) is 0 Å². The molecule has 236 valence electrons. The monoisotopic (exact) mass is 623 g/mol. The molecular formula is C31H40F3N3O5S. The predicted octanol–water partition coefficient (Wildman–Crippen LogP) is 6.45. The van der Waals surface area contributed by atoms with Crippen molar-refractivity contribution in [2.45, 2.75) is 87.9 Å². The number of aliphatic carboxylic acids is 1. The van der Waals surface area contributed by atoms with Gasteiger partial charge in [0.1, 0.15) is 11.8 Å². The molecule has 2 heterocycles. The van der Waals surface area contributed by atoms with E-state index in [1.807, 2.05) is 20.8 Å². The molecule has 2 fully saturated rings. The van der Waals surface area contributed by atoms with E-state index in [1.54, 1.807) is 18.3 Å². The number of benzene rings is 1. The minimum atomic E-state index is -4.46. The number of likely N-dealkylation sites (tertiary alicyclic amines) is 1. The maximum atomic E-state index is 14.3. The molecule has 43 heavy (non-hydrogen) atoms. The summed E-state index contributed by atoms with van der Waals surface area (Å²) < 4.78 is 50.6. The normalized spacial score (nSPS) is 23.3. The first-order valence-corrected chi connectivity index (χ1v) is 15.3. The van der Waals surface area contributed by atoms with Gasteiger partial charge in [-0.1, -0.05) is 40.0 Å². The van der Waals surface area contributed by atoms with E-state index in [-0.39, 0.29) is 40.9 Å². The Morgan fingerprint density at radius 3 is 2.37 bits per heavy atom. The number of rotatable bonds is 9. The fourth-order valence-electron chi connectivity index (χ4n) is 6.73. The molecule has 0 unspecified atom stereocenters. The molecule has 2 aromatic rings. The van der Waals surface area contributed by atoms with E-state index in [9.17, 15) is 27.9 Å². The predicted molar refractivity (Wildman–Crippen MR) is 157 cm³/mol. The van der Waals surface area contributed by atoms with E-state index in [4.69, 9.17) is 9.47 Å². The quantitative estimate of drug-likeness (QED) is 0.308. The Balaban J connectivity index is 1.84. The van der Waals surface area contributed by atoms with Gasteiger partial charge in [-0.3, -0.25) is 4.79 Å². The van der Waals surface area contributed by atoms with Crippen LogP contribution >= 0.6 is 11.8 Å². The topological polar surface area (TPSA) is 101 Å². The maximum absolute atomic E-state index is 14.3. The zero-order chi connectivity index (χ0) is 31.5. The van der Waals surface area contributed by atoms with Gasteiger partial charge in [-0.25, -0.2) is 9.78 Å². The van der Waals surface area contributed by atoms with E-state index < -0.39 is 40.9 Å². The molecule has 1 aliphatic heterocycles. The first-order valence-electron chi connectivity index (χ1n) is 14.5. The van der Waals surface area contributed by atoms with Gasteiger partial charge in [-0.05, 0) is 60.4 Å². The fourth-order valence-corrected chi connectivity index (χ4v) is 7.33. The molecule has 1 saturated heterocycles. The van der Waals surface area contributed by atoms with Crippen LogP contribution in [0.3, 0.4) is 0 Å². The Labute approximate surface area is 254 Å². The zero-order valence-corrected chi connectivity index (χ0v) is 25.9. The minimum Gasteiger partial charge on any atom is -0.496 e. The number of hydrogen-bond donors (Lipinski definition) is 2. The van der Waals surface area contributed by atoms with Gasteiger partial charge in [0.05, 0.1) is 20.3 Å². The third kappa shape index (κ3) is 7.39. The van der Waals surface area contributed by atoms with Gasteiger partial charge in [0, 0.05) is 46.6 Å². The molecule has 0 bridgehead atoms. The zero-order valence-electron chi connectivity index (χ0n) is 25.1. The van der Waals surface area contributed by atoms with Crippen LogP contribution in [-0.4, -0.2) is 58.7 Å². The molecule has 8 nitrogen and oxygen atoms in total. The first-order chi connectivity index (χ1) is 20.3. The average molecular weight is 624 g/mol. The van der Waals surface area contributed by atoms with Gasteiger partial charge in [0.25, 0.3) is 0 Å². The van der Waals surface area contributed by atoms with Crippen LogP contribution in [-0.2, 0) is 16.1 Å². The number of amides is 1. The van der Waals surface area contributed by atoms with Crippen molar-refractivity contribution in [2.24, 2.45) is 17.3 Å². The van der Waals surface area contributed by atoms with Crippen molar-refractivity contribution < 1.29 is 37.3 Å². The molecule has 0 radical (unpaired) electrons. The van der Waals surface area contributed by atoms with Crippen LogP contribution in [0, 0.1) is 17.3 Å². The highest BCUT2D eigenvalue weighted by Gasteiger charge is 2.59. The number of nitrogens with one attached hydrogen (secondary N) is 1. The highest BCUT2D eigenvalue weighted by Crippen LogP contribution is 2.50. The van der Waals surface area contributed by atoms with Crippen LogP contribution < -0.4 is 14.8 Å². The number of pyridine rings is 1. The molecule has 1 aromatic carbocycles. The third-order valence-corrected chi connectivity index (χ3v) is 9.18. The molecule has 0 spiro atoms. The van der Waals surface area contributed by atoms with Gasteiger partial charge < -0.3 is 24.8 Å². The average Bonchev–Trinajstić information content (AvgIpc) is 3.31. The van der Waals surface area contributed by atoms with E-state index in [0.29, 0.717) is 29.7 Å². The van der Waals surface area contributed by atoms with Crippen molar-refractivity contribution in [1.82, 2.24) is 15.2 Å². The van der Waals surface area contributed by atoms with Crippen molar-refractivity contribution in [1.29, 1.82) is 0 Å². The molecule has 1 aliphatic carbocycles. The number of carbonyl (C=O) groups excluding carboxylic acids is 1. The summed E-state index contributed by atoms with van der Waals surface area (Å²) in [6, 6.07) is 5.23. The van der Waals surface area contributed by atoms with Crippen LogP contribution in [0.4, 0.5) is 13.2 Å². The van der Waals surface area contributed by atoms with Crippen LogP contribution in [0.15, 0.2) is 41.4 Å². The highest BCUT2D eigenvalue weighted by molar-refractivity contribution is 8.00. The van der Waals surface area contributed by atoms with Crippen molar-refractivity contribution in [2.75, 3.05) is 14.2 Å². The van der Waals surface area contributed by atoms with Crippen molar-refractivity contribution >= 4 is 23.6 Å². The molecule has 4 atom stereocenters. The van der Waals surface area contributed by atoms with Crippen molar-refractivity contribution in [3.05, 3.63) is 47.7 Å². The number of carboxylic acids is 1. The van der Waals surface area contributed by atoms with Crippen LogP contribution in [0.1, 0.15) is 70.0 Å². The fraction of sp³-hybridized carbons (Fsp3) is 0.581. The van der Waals surface area contributed by atoms with Crippen LogP contribution in [0.5, 0.6) is 11.6 Å². The van der Waals surface area contributed by atoms with E-state index in [0.717, 1.165) is 19.3 Å². The molecule has 4 rings (SSSR count). The number of hydrogen-bond acceptors (Lipinski definition) is 7. The largest absolute Gasteiger partial charge is 0.496 e. The molecule has 12 heteroatoms. The third-order valence-electron chi connectivity index (χ3n) is 8.45. The van der Waals surface area contributed by atoms with Gasteiger partial charge in [0.2, 0.25) is 11.8 Å². The summed E-state index contributed by atoms with van der Waals surface area (Å²) in [6.07, 6.45) is 5.79. The second kappa shape index (κ2) is 13.3. The number of aromatic nitrogens is 1. The summed E-state index contributed by atoms with van der Waals surface area (Å²) >= 11 is -0.215. The summed E-state index contributed by atoms with van der Waals surface area (Å²) in [4.78, 5) is 33.3. The number of alkyl halides is 3. The molecule has 1 saturated carbocycles. The number of thioether (sulfide) groups is 1. The number of halogens is 3. The highest BCUT2D eigenvalue weighted by atomic mass is 32.2. The molecular weight excluding hydrogens is 583 g/mol. The van der Waals surface area contributed by atoms with E-state index in [1.165, 1.54) is 37.3 Å². The van der Waals surface area contributed by atoms with E-state index >= 15 is 0 Å². The number of nitrogens with zero attached hydrogens (tertiary/aromatic N) is 2. The Bertz CT molecular complexity index is 1300. The molecule has 2 N–H and O–H groups in total. The molecule has 1 amide bonds. The van der Waals surface area contributed by atoms with Gasteiger partial charge in [-0.2, -0.15) is 13.2 Å². The van der Waals surface area contributed by atoms with E-state index in [2.05, 4.69) is 10.3 Å². The summed E-state index contributed by atoms with van der Waals surface area (Å²) in [5, 5.41) is 14.2. The second-order valence-electron chi connectivity index (χ2n) is 12.2. The van der Waals surface area contributed by atoms with Gasteiger partial charge >= 0.3 is 11.5 Å². The van der Waals surface area contributed by atoms with Crippen molar-refractivity contribution in [3.8, 4) is 11.6 Å². The Morgan fingerprint density at radius 2 is 1.79 bits per heavy atom. The summed E-state index contributed by atoms with van der Waals surface area (Å²) in [7, 11) is 2.92. The lowest BCUT2D eigenvalue weighted by Crippen LogP contribution is -2.49. The summed E-state index contributed by atoms with van der Waals surface area (Å²) in [6.45, 7) is 5.89. The number of ether oxygens (including phenoxy) is 2. The lowest BCUT2D eigenvalue weighted by molar-refractivity contribution is -0.154. The van der Waals surface area contributed by atoms with Crippen LogP contribution in [0.2, 0.25) is 0 Å². The second-order valence-corrected chi connectivity index (χ2v) is 13.4.